The first-order valence-corrected chi connectivity index (χ1v) is 6.35. The Morgan fingerprint density at radius 3 is 2.32 bits per heavy atom. The second-order valence-corrected chi connectivity index (χ2v) is 5.17. The van der Waals surface area contributed by atoms with Crippen LogP contribution in [0.5, 0.6) is 0 Å². The van der Waals surface area contributed by atoms with Crippen LogP contribution in [0, 0.1) is 5.41 Å². The number of methoxy groups -OCH3 is 1. The summed E-state index contributed by atoms with van der Waals surface area (Å²) in [7, 11) is 1.68. The average Bonchev–Trinajstić information content (AvgIpc) is 3.14. The van der Waals surface area contributed by atoms with E-state index in [-0.39, 0.29) is 5.41 Å². The molecule has 0 heterocycles. The number of hydrogen-bond acceptors (Lipinski definition) is 2. The first kappa shape index (κ1) is 14.2. The van der Waals surface area contributed by atoms with E-state index >= 15 is 0 Å². The summed E-state index contributed by atoms with van der Waals surface area (Å²) in [5.74, 6) is 0. The van der Waals surface area contributed by atoms with Crippen LogP contribution in [-0.4, -0.2) is 20.3 Å². The lowest BCUT2D eigenvalue weighted by Gasteiger charge is -2.16. The zero-order valence-electron chi connectivity index (χ0n) is 10.9. The van der Waals surface area contributed by atoms with Gasteiger partial charge in [0.2, 0.25) is 0 Å². The molecule has 1 aromatic carbocycles. The van der Waals surface area contributed by atoms with E-state index in [1.165, 1.54) is 12.1 Å². The monoisotopic (exact) mass is 273 g/mol. The molecule has 0 amide bonds. The van der Waals surface area contributed by atoms with Crippen molar-refractivity contribution in [3.05, 3.63) is 29.8 Å². The smallest absolute Gasteiger partial charge is 0.385 e. The zero-order valence-corrected chi connectivity index (χ0v) is 10.9. The summed E-state index contributed by atoms with van der Waals surface area (Å²) in [5.41, 5.74) is 0.397. The van der Waals surface area contributed by atoms with E-state index in [1.807, 2.05) is 0 Å². The number of alkyl halides is 3. The molecule has 0 aliphatic heterocycles. The largest absolute Gasteiger partial charge is 0.416 e. The number of rotatable bonds is 6. The van der Waals surface area contributed by atoms with E-state index in [4.69, 9.17) is 4.74 Å². The molecule has 0 unspecified atom stereocenters. The van der Waals surface area contributed by atoms with Gasteiger partial charge >= 0.3 is 6.18 Å². The lowest BCUT2D eigenvalue weighted by atomic mass is 10.0. The fourth-order valence-corrected chi connectivity index (χ4v) is 2.08. The minimum Gasteiger partial charge on any atom is -0.385 e. The summed E-state index contributed by atoms with van der Waals surface area (Å²) in [4.78, 5) is 0. The van der Waals surface area contributed by atoms with Crippen LogP contribution in [0.4, 0.5) is 18.9 Å². The molecule has 1 N–H and O–H groups in total. The van der Waals surface area contributed by atoms with Crippen LogP contribution in [0.25, 0.3) is 0 Å². The van der Waals surface area contributed by atoms with Gasteiger partial charge < -0.3 is 10.1 Å². The molecular weight excluding hydrogens is 255 g/mol. The first-order chi connectivity index (χ1) is 8.95. The molecule has 0 saturated heterocycles. The highest BCUT2D eigenvalue weighted by atomic mass is 19.4. The van der Waals surface area contributed by atoms with Crippen molar-refractivity contribution in [3.63, 3.8) is 0 Å². The average molecular weight is 273 g/mol. The molecule has 1 aliphatic carbocycles. The quantitative estimate of drug-likeness (QED) is 0.847. The van der Waals surface area contributed by atoms with Gasteiger partial charge in [0.1, 0.15) is 0 Å². The van der Waals surface area contributed by atoms with E-state index in [0.29, 0.717) is 0 Å². The van der Waals surface area contributed by atoms with Gasteiger partial charge in [0.25, 0.3) is 0 Å². The lowest BCUT2D eigenvalue weighted by molar-refractivity contribution is -0.137. The van der Waals surface area contributed by atoms with Crippen molar-refractivity contribution in [2.75, 3.05) is 25.6 Å². The Labute approximate surface area is 111 Å². The minimum atomic E-state index is -4.27. The van der Waals surface area contributed by atoms with Gasteiger partial charge in [-0.25, -0.2) is 0 Å². The van der Waals surface area contributed by atoms with Gasteiger partial charge in [-0.3, -0.25) is 0 Å². The molecule has 19 heavy (non-hydrogen) atoms. The van der Waals surface area contributed by atoms with Gasteiger partial charge in [0.15, 0.2) is 0 Å². The van der Waals surface area contributed by atoms with Crippen LogP contribution >= 0.6 is 0 Å². The van der Waals surface area contributed by atoms with Crippen molar-refractivity contribution < 1.29 is 17.9 Å². The number of hydrogen-bond donors (Lipinski definition) is 1. The SMILES string of the molecule is COCCC1(CNc2ccc(C(F)(F)F)cc2)CC1. The van der Waals surface area contributed by atoms with Gasteiger partial charge in [-0.15, -0.1) is 0 Å². The van der Waals surface area contributed by atoms with Crippen molar-refractivity contribution in [2.24, 2.45) is 5.41 Å². The maximum Gasteiger partial charge on any atom is 0.416 e. The molecule has 0 spiro atoms. The third-order valence-electron chi connectivity index (χ3n) is 3.67. The number of anilines is 1. The molecule has 2 rings (SSSR count). The molecule has 0 aromatic heterocycles. The van der Waals surface area contributed by atoms with E-state index < -0.39 is 11.7 Å². The van der Waals surface area contributed by atoms with Crippen molar-refractivity contribution in [2.45, 2.75) is 25.4 Å². The van der Waals surface area contributed by atoms with Gasteiger partial charge in [-0.1, -0.05) is 0 Å². The van der Waals surface area contributed by atoms with Gasteiger partial charge in [-0.05, 0) is 48.9 Å². The van der Waals surface area contributed by atoms with Gasteiger partial charge in [0, 0.05) is 25.9 Å². The molecule has 0 radical (unpaired) electrons. The van der Waals surface area contributed by atoms with Crippen LogP contribution in [0.1, 0.15) is 24.8 Å². The fraction of sp³-hybridized carbons (Fsp3) is 0.571. The molecule has 106 valence electrons. The number of halogens is 3. The van der Waals surface area contributed by atoms with E-state index in [0.717, 1.165) is 50.2 Å². The van der Waals surface area contributed by atoms with Crippen LogP contribution in [0.3, 0.4) is 0 Å². The molecule has 1 aliphatic rings. The Bertz CT molecular complexity index is 410. The summed E-state index contributed by atoms with van der Waals surface area (Å²) in [6.45, 7) is 1.52. The highest BCUT2D eigenvalue weighted by Gasteiger charge is 2.41. The van der Waals surface area contributed by atoms with E-state index in [2.05, 4.69) is 5.32 Å². The number of ether oxygens (including phenoxy) is 1. The highest BCUT2D eigenvalue weighted by molar-refractivity contribution is 5.45. The van der Waals surface area contributed by atoms with E-state index in [9.17, 15) is 13.2 Å². The molecular formula is C14H18F3NO. The normalized spacial score (nSPS) is 17.3. The van der Waals surface area contributed by atoms with Crippen LogP contribution in [-0.2, 0) is 10.9 Å². The Hall–Kier alpha value is -1.23. The topological polar surface area (TPSA) is 21.3 Å². The Morgan fingerprint density at radius 1 is 1.21 bits per heavy atom. The van der Waals surface area contributed by atoms with Crippen LogP contribution in [0.15, 0.2) is 24.3 Å². The second kappa shape index (κ2) is 5.41. The predicted molar refractivity (Wildman–Crippen MR) is 68.1 cm³/mol. The molecule has 1 fully saturated rings. The Kier molecular flexibility index (Phi) is 4.04. The molecule has 0 bridgehead atoms. The molecule has 0 atom stereocenters. The third kappa shape index (κ3) is 3.86. The molecule has 2 nitrogen and oxygen atoms in total. The van der Waals surface area contributed by atoms with Crippen LogP contribution < -0.4 is 5.32 Å². The lowest BCUT2D eigenvalue weighted by Crippen LogP contribution is -2.17. The summed E-state index contributed by atoms with van der Waals surface area (Å²) >= 11 is 0. The predicted octanol–water partition coefficient (Wildman–Crippen LogP) is 3.93. The second-order valence-electron chi connectivity index (χ2n) is 5.17. The maximum atomic E-state index is 12.4. The first-order valence-electron chi connectivity index (χ1n) is 6.35. The third-order valence-corrected chi connectivity index (χ3v) is 3.67. The molecule has 5 heteroatoms. The summed E-state index contributed by atoms with van der Waals surface area (Å²) in [5, 5.41) is 3.21. The Balaban J connectivity index is 1.87. The number of benzene rings is 1. The fourth-order valence-electron chi connectivity index (χ4n) is 2.08. The Morgan fingerprint density at radius 2 is 1.84 bits per heavy atom. The van der Waals surface area contributed by atoms with Crippen molar-refractivity contribution in [3.8, 4) is 0 Å². The summed E-state index contributed by atoms with van der Waals surface area (Å²) in [6.07, 6.45) is -0.958. The highest BCUT2D eigenvalue weighted by Crippen LogP contribution is 2.48. The van der Waals surface area contributed by atoms with Crippen molar-refractivity contribution >= 4 is 5.69 Å². The zero-order chi connectivity index (χ0) is 13.9. The summed E-state index contributed by atoms with van der Waals surface area (Å²) < 4.78 is 42.3. The maximum absolute atomic E-state index is 12.4. The van der Waals surface area contributed by atoms with Crippen LogP contribution in [0.2, 0.25) is 0 Å². The van der Waals surface area contributed by atoms with Gasteiger partial charge in [0.05, 0.1) is 5.56 Å². The van der Waals surface area contributed by atoms with Gasteiger partial charge in [-0.2, -0.15) is 13.2 Å². The molecule has 1 saturated carbocycles. The standard InChI is InChI=1S/C14H18F3NO/c1-19-9-8-13(6-7-13)10-18-12-4-2-11(3-5-12)14(15,16)17/h2-5,18H,6-10H2,1H3. The van der Waals surface area contributed by atoms with Crippen molar-refractivity contribution in [1.82, 2.24) is 0 Å². The number of nitrogens with one attached hydrogen (secondary N) is 1. The summed E-state index contributed by atoms with van der Waals surface area (Å²) in [6, 6.07) is 5.18. The van der Waals surface area contributed by atoms with E-state index in [1.54, 1.807) is 7.11 Å². The minimum absolute atomic E-state index is 0.276. The molecule has 1 aromatic rings. The van der Waals surface area contributed by atoms with Crippen molar-refractivity contribution in [1.29, 1.82) is 0 Å².